The second-order valence-corrected chi connectivity index (χ2v) is 4.94. The molecule has 0 aliphatic rings. The van der Waals surface area contributed by atoms with E-state index in [1.54, 1.807) is 19.2 Å². The number of hydrogen-bond acceptors (Lipinski definition) is 1. The van der Waals surface area contributed by atoms with Gasteiger partial charge in [-0.2, -0.15) is 0 Å². The molecule has 98 valence electrons. The number of halogens is 2. The molecule has 1 nitrogen and oxygen atoms in total. The van der Waals surface area contributed by atoms with Gasteiger partial charge in [0.25, 0.3) is 0 Å². The van der Waals surface area contributed by atoms with Gasteiger partial charge in [0.2, 0.25) is 0 Å². The Bertz CT molecular complexity index is 549. The number of hydrogen-bond donors (Lipinski definition) is 0. The lowest BCUT2D eigenvalue weighted by atomic mass is 10.1. The van der Waals surface area contributed by atoms with Crippen LogP contribution in [0.4, 0.5) is 4.39 Å². The van der Waals surface area contributed by atoms with E-state index in [2.05, 4.69) is 15.9 Å². The molecule has 1 atom stereocenters. The smallest absolute Gasteiger partial charge is 0.123 e. The number of rotatable bonds is 4. The largest absolute Gasteiger partial charge is 0.373 e. The molecule has 19 heavy (non-hydrogen) atoms. The molecular weight excluding hydrogens is 307 g/mol. The van der Waals surface area contributed by atoms with Crippen molar-refractivity contribution in [2.24, 2.45) is 0 Å². The Hall–Kier alpha value is -1.45. The summed E-state index contributed by atoms with van der Waals surface area (Å²) >= 11 is 3.55. The summed E-state index contributed by atoms with van der Waals surface area (Å²) < 4.78 is 19.3. The molecule has 0 heterocycles. The van der Waals surface area contributed by atoms with Crippen LogP contribution >= 0.6 is 15.9 Å². The highest BCUT2D eigenvalue weighted by molar-refractivity contribution is 9.15. The number of benzene rings is 2. The third-order valence-corrected chi connectivity index (χ3v) is 3.52. The number of ether oxygens (including phenoxy) is 1. The zero-order valence-corrected chi connectivity index (χ0v) is 12.1. The highest BCUT2D eigenvalue weighted by atomic mass is 79.9. The van der Waals surface area contributed by atoms with Gasteiger partial charge < -0.3 is 4.74 Å². The lowest BCUT2D eigenvalue weighted by molar-refractivity contribution is 0.143. The minimum Gasteiger partial charge on any atom is -0.373 e. The minimum atomic E-state index is -0.246. The lowest BCUT2D eigenvalue weighted by Gasteiger charge is -2.12. The highest BCUT2D eigenvalue weighted by Crippen LogP contribution is 2.27. The van der Waals surface area contributed by atoms with Crippen LogP contribution < -0.4 is 0 Å². The Labute approximate surface area is 120 Å². The van der Waals surface area contributed by atoms with Crippen LogP contribution in [0.2, 0.25) is 0 Å². The molecule has 0 aliphatic carbocycles. The average molecular weight is 321 g/mol. The first kappa shape index (κ1) is 14.0. The summed E-state index contributed by atoms with van der Waals surface area (Å²) in [6.07, 6.45) is 1.75. The first-order chi connectivity index (χ1) is 9.20. The van der Waals surface area contributed by atoms with E-state index >= 15 is 0 Å². The average Bonchev–Trinajstić information content (AvgIpc) is 2.46. The summed E-state index contributed by atoms with van der Waals surface area (Å²) in [5.41, 5.74) is 1.99. The van der Waals surface area contributed by atoms with Crippen LogP contribution in [0.1, 0.15) is 17.2 Å². The molecular formula is C16H14BrFO. The van der Waals surface area contributed by atoms with Gasteiger partial charge in [0.05, 0.1) is 0 Å². The predicted octanol–water partition coefficient (Wildman–Crippen LogP) is 4.95. The van der Waals surface area contributed by atoms with Crippen molar-refractivity contribution in [3.63, 3.8) is 0 Å². The van der Waals surface area contributed by atoms with Gasteiger partial charge in [-0.1, -0.05) is 58.4 Å². The molecule has 0 saturated carbocycles. The molecule has 2 aromatic rings. The molecule has 0 bridgehead atoms. The third-order valence-electron chi connectivity index (χ3n) is 2.80. The zero-order chi connectivity index (χ0) is 13.7. The second-order valence-electron chi connectivity index (χ2n) is 4.09. The van der Waals surface area contributed by atoms with Crippen LogP contribution in [0, 0.1) is 5.82 Å². The van der Waals surface area contributed by atoms with E-state index in [-0.39, 0.29) is 11.9 Å². The van der Waals surface area contributed by atoms with Gasteiger partial charge >= 0.3 is 0 Å². The molecule has 0 amide bonds. The summed E-state index contributed by atoms with van der Waals surface area (Å²) in [5.74, 6) is -0.246. The third kappa shape index (κ3) is 3.75. The molecule has 2 rings (SSSR count). The Morgan fingerprint density at radius 1 is 1.11 bits per heavy atom. The molecule has 0 saturated heterocycles. The minimum absolute atomic E-state index is 0.213. The van der Waals surface area contributed by atoms with Crippen molar-refractivity contribution >= 4 is 20.4 Å². The molecule has 1 unspecified atom stereocenters. The van der Waals surface area contributed by atoms with Crippen molar-refractivity contribution in [3.8, 4) is 0 Å². The van der Waals surface area contributed by atoms with E-state index < -0.39 is 0 Å². The first-order valence-corrected chi connectivity index (χ1v) is 6.71. The SMILES string of the molecule is COC(/C=C(/Br)c1ccccc1)c1ccc(F)cc1. The molecule has 0 fully saturated rings. The Morgan fingerprint density at radius 3 is 2.32 bits per heavy atom. The van der Waals surface area contributed by atoms with Crippen molar-refractivity contribution < 1.29 is 9.13 Å². The van der Waals surface area contributed by atoms with E-state index in [4.69, 9.17) is 4.74 Å². The quantitative estimate of drug-likeness (QED) is 0.774. The number of methoxy groups -OCH3 is 1. The van der Waals surface area contributed by atoms with E-state index in [9.17, 15) is 4.39 Å². The molecule has 0 aliphatic heterocycles. The van der Waals surface area contributed by atoms with Gasteiger partial charge in [-0.25, -0.2) is 4.39 Å². The van der Waals surface area contributed by atoms with Crippen molar-refractivity contribution in [2.75, 3.05) is 7.11 Å². The Balaban J connectivity index is 2.25. The van der Waals surface area contributed by atoms with Gasteiger partial charge in [0, 0.05) is 11.6 Å². The summed E-state index contributed by atoms with van der Waals surface area (Å²) in [5, 5.41) is 0. The molecule has 0 radical (unpaired) electrons. The zero-order valence-electron chi connectivity index (χ0n) is 10.5. The van der Waals surface area contributed by atoms with Gasteiger partial charge in [-0.3, -0.25) is 0 Å². The normalized spacial score (nSPS) is 13.3. The van der Waals surface area contributed by atoms with Crippen LogP contribution in [0.3, 0.4) is 0 Å². The maximum Gasteiger partial charge on any atom is 0.123 e. The van der Waals surface area contributed by atoms with Gasteiger partial charge in [-0.15, -0.1) is 0 Å². The molecule has 3 heteroatoms. The summed E-state index contributed by atoms with van der Waals surface area (Å²) in [7, 11) is 1.63. The maximum absolute atomic E-state index is 12.9. The molecule has 2 aromatic carbocycles. The van der Waals surface area contributed by atoms with Crippen LogP contribution in [-0.4, -0.2) is 7.11 Å². The Kier molecular flexibility index (Phi) is 4.88. The second kappa shape index (κ2) is 6.64. The van der Waals surface area contributed by atoms with Crippen LogP contribution in [0.5, 0.6) is 0 Å². The van der Waals surface area contributed by atoms with Crippen LogP contribution in [-0.2, 0) is 4.74 Å². The molecule has 0 spiro atoms. The first-order valence-electron chi connectivity index (χ1n) is 5.91. The standard InChI is InChI=1S/C16H14BrFO/c1-19-16(13-7-9-14(18)10-8-13)11-15(17)12-5-3-2-4-6-12/h2-11,16H,1H3/b15-11+. The van der Waals surface area contributed by atoms with E-state index in [1.807, 2.05) is 36.4 Å². The van der Waals surface area contributed by atoms with E-state index in [0.717, 1.165) is 15.6 Å². The fourth-order valence-corrected chi connectivity index (χ4v) is 2.28. The Morgan fingerprint density at radius 2 is 1.74 bits per heavy atom. The van der Waals surface area contributed by atoms with Gasteiger partial charge in [0.1, 0.15) is 11.9 Å². The van der Waals surface area contributed by atoms with E-state index in [0.29, 0.717) is 0 Å². The lowest BCUT2D eigenvalue weighted by Crippen LogP contribution is -1.98. The van der Waals surface area contributed by atoms with Gasteiger partial charge in [-0.05, 0) is 29.3 Å². The molecule has 0 N–H and O–H groups in total. The summed E-state index contributed by atoms with van der Waals surface area (Å²) in [6, 6.07) is 16.3. The fourth-order valence-electron chi connectivity index (χ4n) is 1.78. The fraction of sp³-hybridized carbons (Fsp3) is 0.125. The van der Waals surface area contributed by atoms with Crippen molar-refractivity contribution in [1.29, 1.82) is 0 Å². The van der Waals surface area contributed by atoms with Crippen molar-refractivity contribution in [1.82, 2.24) is 0 Å². The maximum atomic E-state index is 12.9. The highest BCUT2D eigenvalue weighted by Gasteiger charge is 2.09. The summed E-state index contributed by atoms with van der Waals surface area (Å²) in [4.78, 5) is 0. The van der Waals surface area contributed by atoms with Gasteiger partial charge in [0.15, 0.2) is 0 Å². The van der Waals surface area contributed by atoms with Crippen LogP contribution in [0.15, 0.2) is 60.7 Å². The van der Waals surface area contributed by atoms with Crippen LogP contribution in [0.25, 0.3) is 4.48 Å². The molecule has 0 aromatic heterocycles. The predicted molar refractivity (Wildman–Crippen MR) is 79.5 cm³/mol. The van der Waals surface area contributed by atoms with Crippen molar-refractivity contribution in [3.05, 3.63) is 77.6 Å². The van der Waals surface area contributed by atoms with Crippen molar-refractivity contribution in [2.45, 2.75) is 6.10 Å². The topological polar surface area (TPSA) is 9.23 Å². The van der Waals surface area contributed by atoms with E-state index in [1.165, 1.54) is 12.1 Å². The summed E-state index contributed by atoms with van der Waals surface area (Å²) in [6.45, 7) is 0. The monoisotopic (exact) mass is 320 g/mol.